The molecule has 0 spiro atoms. The number of phenolic OH excluding ortho intramolecular Hbond substituents is 1. The number of phenols is 1. The Kier molecular flexibility index (Phi) is 10.9. The number of aldehydes is 1. The number of carbonyl (C=O) groups is 5. The monoisotopic (exact) mass is 610 g/mol. The van der Waals surface area contributed by atoms with Gasteiger partial charge in [-0.1, -0.05) is 0 Å². The Labute approximate surface area is 252 Å². The van der Waals surface area contributed by atoms with Crippen molar-refractivity contribution in [3.8, 4) is 34.5 Å². The summed E-state index contributed by atoms with van der Waals surface area (Å²) in [4.78, 5) is 61.6. The molecule has 0 saturated carbocycles. The largest absolute Gasteiger partial charge is 0.513 e. The first kappa shape index (κ1) is 32.9. The molecule has 0 aliphatic heterocycles. The topological polar surface area (TPSA) is 170 Å². The van der Waals surface area contributed by atoms with Gasteiger partial charge in [0.2, 0.25) is 0 Å². The van der Waals surface area contributed by atoms with E-state index in [9.17, 15) is 29.1 Å². The van der Waals surface area contributed by atoms with Gasteiger partial charge >= 0.3 is 24.2 Å². The third-order valence-corrected chi connectivity index (χ3v) is 5.97. The number of esters is 2. The van der Waals surface area contributed by atoms with E-state index < -0.39 is 30.0 Å². The fourth-order valence-corrected chi connectivity index (χ4v) is 4.08. The lowest BCUT2D eigenvalue weighted by Crippen LogP contribution is -2.18. The summed E-state index contributed by atoms with van der Waals surface area (Å²) in [5, 5.41) is 10.1. The fourth-order valence-electron chi connectivity index (χ4n) is 4.08. The Morgan fingerprint density at radius 1 is 0.659 bits per heavy atom. The van der Waals surface area contributed by atoms with Crippen LogP contribution in [0.15, 0.2) is 36.4 Å². The van der Waals surface area contributed by atoms with Crippen LogP contribution >= 0.6 is 0 Å². The lowest BCUT2D eigenvalue weighted by atomic mass is 10.1. The molecule has 0 saturated heterocycles. The van der Waals surface area contributed by atoms with Gasteiger partial charge in [-0.15, -0.1) is 0 Å². The van der Waals surface area contributed by atoms with Crippen LogP contribution in [0.4, 0.5) is 9.59 Å². The van der Waals surface area contributed by atoms with Crippen LogP contribution in [0.2, 0.25) is 0 Å². The molecule has 1 N–H and O–H groups in total. The van der Waals surface area contributed by atoms with Gasteiger partial charge in [-0.3, -0.25) is 4.79 Å². The number of hydrogen-bond donors (Lipinski definition) is 1. The zero-order chi connectivity index (χ0) is 32.6. The molecule has 0 radical (unpaired) electrons. The predicted octanol–water partition coefficient (Wildman–Crippen LogP) is 5.65. The Bertz CT molecular complexity index is 1580. The zero-order valence-electron chi connectivity index (χ0n) is 24.8. The van der Waals surface area contributed by atoms with Gasteiger partial charge in [0.25, 0.3) is 0 Å². The molecule has 0 aliphatic rings. The average molecular weight is 611 g/mol. The van der Waals surface area contributed by atoms with Gasteiger partial charge in [0, 0.05) is 18.2 Å². The van der Waals surface area contributed by atoms with Crippen molar-refractivity contribution >= 4 is 30.5 Å². The minimum absolute atomic E-state index is 0.00616. The van der Waals surface area contributed by atoms with Crippen molar-refractivity contribution < 1.29 is 62.2 Å². The lowest BCUT2D eigenvalue weighted by Gasteiger charge is -2.16. The summed E-state index contributed by atoms with van der Waals surface area (Å²) in [5.41, 5.74) is 0.720. The number of ether oxygens (including phenoxy) is 7. The Morgan fingerprint density at radius 3 is 1.61 bits per heavy atom. The van der Waals surface area contributed by atoms with Crippen molar-refractivity contribution in [2.24, 2.45) is 0 Å². The molecule has 0 aliphatic carbocycles. The second-order valence-corrected chi connectivity index (χ2v) is 9.07. The number of hydrogen-bond acceptors (Lipinski definition) is 13. The smallest absolute Gasteiger partial charge is 0.507 e. The molecule has 3 aromatic rings. The van der Waals surface area contributed by atoms with Gasteiger partial charge in [-0.2, -0.15) is 0 Å². The molecule has 3 aromatic carbocycles. The normalized spacial score (nSPS) is 10.3. The maximum absolute atomic E-state index is 13.3. The first-order valence-electron chi connectivity index (χ1n) is 13.2. The molecule has 0 bridgehead atoms. The van der Waals surface area contributed by atoms with Crippen molar-refractivity contribution in [2.45, 2.75) is 34.6 Å². The third-order valence-electron chi connectivity index (χ3n) is 5.97. The first-order chi connectivity index (χ1) is 20.9. The predicted molar refractivity (Wildman–Crippen MR) is 152 cm³/mol. The van der Waals surface area contributed by atoms with Crippen molar-refractivity contribution in [3.63, 3.8) is 0 Å². The van der Waals surface area contributed by atoms with Gasteiger partial charge < -0.3 is 38.3 Å². The number of rotatable bonds is 10. The van der Waals surface area contributed by atoms with E-state index >= 15 is 0 Å². The summed E-state index contributed by atoms with van der Waals surface area (Å²) < 4.78 is 36.2. The molecule has 232 valence electrons. The maximum Gasteiger partial charge on any atom is 0.513 e. The van der Waals surface area contributed by atoms with Crippen LogP contribution in [0.5, 0.6) is 34.5 Å². The van der Waals surface area contributed by atoms with Crippen LogP contribution in [-0.2, 0) is 9.47 Å². The van der Waals surface area contributed by atoms with E-state index in [1.54, 1.807) is 27.7 Å². The van der Waals surface area contributed by atoms with E-state index in [1.807, 2.05) is 0 Å². The lowest BCUT2D eigenvalue weighted by molar-refractivity contribution is 0.0724. The number of carbonyl (C=O) groups excluding carboxylic acids is 5. The minimum atomic E-state index is -1.14. The van der Waals surface area contributed by atoms with Gasteiger partial charge in [-0.25, -0.2) is 19.2 Å². The van der Waals surface area contributed by atoms with Gasteiger partial charge in [0.05, 0.1) is 25.9 Å². The van der Waals surface area contributed by atoms with Crippen LogP contribution in [0.1, 0.15) is 61.6 Å². The molecule has 0 unspecified atom stereocenters. The number of aromatic hydroxyl groups is 1. The van der Waals surface area contributed by atoms with Gasteiger partial charge in [-0.05, 0) is 69.5 Å². The SMILES string of the molecule is CCOC(=O)Oc1cc(C)c(C(=O)Oc2cc(C)c(C(=O)Oc3cc(C)c(C=O)c(O)c3)c(OC(=O)OCC)c2)c(OC)c1. The summed E-state index contributed by atoms with van der Waals surface area (Å²) in [6.07, 6.45) is -1.60. The van der Waals surface area contributed by atoms with Crippen molar-refractivity contribution in [1.82, 2.24) is 0 Å². The maximum atomic E-state index is 13.3. The van der Waals surface area contributed by atoms with E-state index in [0.29, 0.717) is 17.4 Å². The molecular formula is C31H30O13. The molecule has 0 atom stereocenters. The molecule has 44 heavy (non-hydrogen) atoms. The number of methoxy groups -OCH3 is 1. The van der Waals surface area contributed by atoms with Crippen LogP contribution < -0.4 is 23.7 Å². The van der Waals surface area contributed by atoms with E-state index in [4.69, 9.17) is 33.2 Å². The summed E-state index contributed by atoms with van der Waals surface area (Å²) in [7, 11) is 1.31. The first-order valence-corrected chi connectivity index (χ1v) is 13.2. The van der Waals surface area contributed by atoms with Crippen LogP contribution in [0, 0.1) is 20.8 Å². The van der Waals surface area contributed by atoms with Gasteiger partial charge in [0.1, 0.15) is 39.9 Å². The highest BCUT2D eigenvalue weighted by Gasteiger charge is 2.26. The molecule has 0 amide bonds. The average Bonchev–Trinajstić information content (AvgIpc) is 2.92. The molecule has 0 fully saturated rings. The summed E-state index contributed by atoms with van der Waals surface area (Å²) in [6, 6.07) is 7.64. The van der Waals surface area contributed by atoms with Crippen LogP contribution in [0.25, 0.3) is 0 Å². The highest BCUT2D eigenvalue weighted by Crippen LogP contribution is 2.34. The van der Waals surface area contributed by atoms with Crippen LogP contribution in [0.3, 0.4) is 0 Å². The standard InChI is InChI=1S/C31H30O13/c1-7-39-30(36)43-21-11-17(4)26(24(13-21)38-6)28(34)42-20-10-18(5)27(25(14-20)44-31(37)40-8-2)29(35)41-19-9-16(3)22(15-32)23(33)12-19/h9-15,33H,7-8H2,1-6H3. The molecule has 13 nitrogen and oxygen atoms in total. The van der Waals surface area contributed by atoms with Gasteiger partial charge in [0.15, 0.2) is 12.0 Å². The Hall–Kier alpha value is -5.59. The second-order valence-electron chi connectivity index (χ2n) is 9.07. The van der Waals surface area contributed by atoms with E-state index in [2.05, 4.69) is 0 Å². The van der Waals surface area contributed by atoms with Crippen molar-refractivity contribution in [1.29, 1.82) is 0 Å². The second kappa shape index (κ2) is 14.5. The Morgan fingerprint density at radius 2 is 1.11 bits per heavy atom. The fraction of sp³-hybridized carbons (Fsp3) is 0.258. The van der Waals surface area contributed by atoms with E-state index in [-0.39, 0.29) is 64.2 Å². The van der Waals surface area contributed by atoms with Crippen LogP contribution in [-0.4, -0.2) is 56.0 Å². The number of benzene rings is 3. The highest BCUT2D eigenvalue weighted by molar-refractivity contribution is 5.98. The third kappa shape index (κ3) is 7.82. The minimum Gasteiger partial charge on any atom is -0.507 e. The van der Waals surface area contributed by atoms with E-state index in [1.165, 1.54) is 38.3 Å². The van der Waals surface area contributed by atoms with Crippen molar-refractivity contribution in [3.05, 3.63) is 69.8 Å². The molecule has 0 aromatic heterocycles. The summed E-state index contributed by atoms with van der Waals surface area (Å²) in [6.45, 7) is 7.85. The highest BCUT2D eigenvalue weighted by atomic mass is 16.7. The van der Waals surface area contributed by atoms with Crippen molar-refractivity contribution in [2.75, 3.05) is 20.3 Å². The zero-order valence-corrected chi connectivity index (χ0v) is 24.8. The molecule has 13 heteroatoms. The Balaban J connectivity index is 1.97. The summed E-state index contributed by atoms with van der Waals surface area (Å²) in [5.74, 6) is -2.67. The molecule has 3 rings (SSSR count). The number of aryl methyl sites for hydroxylation is 3. The molecular weight excluding hydrogens is 580 g/mol. The quantitative estimate of drug-likeness (QED) is 0.129. The molecule has 0 heterocycles. The summed E-state index contributed by atoms with van der Waals surface area (Å²) >= 11 is 0. The van der Waals surface area contributed by atoms with E-state index in [0.717, 1.165) is 12.1 Å².